The van der Waals surface area contributed by atoms with E-state index in [0.29, 0.717) is 35.4 Å². The fraction of sp³-hybridized carbons (Fsp3) is 0.172. The van der Waals surface area contributed by atoms with E-state index in [1.54, 1.807) is 7.11 Å². The number of Topliss-reactive ketones (excluding diaryl/α,β-unsaturated/α-hetero) is 2. The lowest BCUT2D eigenvalue weighted by molar-refractivity contribution is 0.101. The van der Waals surface area contributed by atoms with Crippen LogP contribution in [0.5, 0.6) is 0 Å². The summed E-state index contributed by atoms with van der Waals surface area (Å²) < 4.78 is 5.27. The number of carbonyl (C=O) groups excluding carboxylic acids is 2. The smallest absolute Gasteiger partial charge is 0.191 e. The van der Waals surface area contributed by atoms with Gasteiger partial charge in [0, 0.05) is 54.2 Å². The van der Waals surface area contributed by atoms with Gasteiger partial charge >= 0.3 is 0 Å². The summed E-state index contributed by atoms with van der Waals surface area (Å²) >= 11 is 0. The second-order valence-corrected chi connectivity index (χ2v) is 8.08. The molecule has 0 spiro atoms. The molecule has 3 aromatic carbocycles. The Morgan fingerprint density at radius 3 is 1.73 bits per heavy atom. The van der Waals surface area contributed by atoms with E-state index in [9.17, 15) is 9.59 Å². The third kappa shape index (κ3) is 4.86. The molecule has 0 saturated carbocycles. The highest BCUT2D eigenvalue weighted by molar-refractivity contribution is 6.15. The van der Waals surface area contributed by atoms with Gasteiger partial charge in [-0.15, -0.1) is 0 Å². The Labute approximate surface area is 194 Å². The van der Waals surface area contributed by atoms with Crippen molar-refractivity contribution in [1.82, 2.24) is 4.90 Å². The van der Waals surface area contributed by atoms with Gasteiger partial charge in [-0.1, -0.05) is 84.9 Å². The van der Waals surface area contributed by atoms with Crippen LogP contribution in [0.3, 0.4) is 0 Å². The third-order valence-electron chi connectivity index (χ3n) is 5.88. The molecule has 1 heterocycles. The van der Waals surface area contributed by atoms with E-state index < -0.39 is 5.92 Å². The van der Waals surface area contributed by atoms with Crippen LogP contribution in [-0.2, 0) is 4.74 Å². The van der Waals surface area contributed by atoms with E-state index in [1.165, 1.54) is 0 Å². The number of hydrogen-bond donors (Lipinski definition) is 0. The van der Waals surface area contributed by atoms with Gasteiger partial charge in [-0.2, -0.15) is 0 Å². The number of methoxy groups -OCH3 is 1. The number of nitrogens with zero attached hydrogens (tertiary/aromatic N) is 1. The Balaban J connectivity index is 1.88. The van der Waals surface area contributed by atoms with Gasteiger partial charge in [0.05, 0.1) is 6.61 Å². The molecule has 1 aliphatic heterocycles. The van der Waals surface area contributed by atoms with E-state index in [4.69, 9.17) is 4.74 Å². The zero-order valence-electron chi connectivity index (χ0n) is 18.9. The summed E-state index contributed by atoms with van der Waals surface area (Å²) in [5, 5.41) is 0. The minimum Gasteiger partial charge on any atom is -0.383 e. The Morgan fingerprint density at radius 2 is 1.24 bits per heavy atom. The molecule has 0 atom stereocenters. The Morgan fingerprint density at radius 1 is 0.758 bits per heavy atom. The molecule has 0 fully saturated rings. The maximum absolute atomic E-state index is 13.8. The van der Waals surface area contributed by atoms with Crippen molar-refractivity contribution in [3.8, 4) is 0 Å². The molecule has 4 nitrogen and oxygen atoms in total. The van der Waals surface area contributed by atoms with E-state index in [2.05, 4.69) is 0 Å². The summed E-state index contributed by atoms with van der Waals surface area (Å²) in [5.74, 6) is -0.638. The molecule has 3 aromatic rings. The first-order valence-corrected chi connectivity index (χ1v) is 11.0. The summed E-state index contributed by atoms with van der Waals surface area (Å²) in [6.07, 6.45) is 3.74. The first kappa shape index (κ1) is 22.4. The zero-order chi connectivity index (χ0) is 23.2. The topological polar surface area (TPSA) is 46.6 Å². The van der Waals surface area contributed by atoms with Crippen molar-refractivity contribution in [3.05, 3.63) is 131 Å². The molecule has 0 saturated heterocycles. The predicted octanol–water partition coefficient (Wildman–Crippen LogP) is 5.57. The molecular formula is C29H27NO3. The molecular weight excluding hydrogens is 410 g/mol. The number of aryl methyl sites for hydroxylation is 1. The lowest BCUT2D eigenvalue weighted by Gasteiger charge is -2.32. The van der Waals surface area contributed by atoms with Crippen LogP contribution in [0.15, 0.2) is 108 Å². The normalized spacial score (nSPS) is 13.9. The van der Waals surface area contributed by atoms with Crippen LogP contribution < -0.4 is 0 Å². The summed E-state index contributed by atoms with van der Waals surface area (Å²) in [6, 6.07) is 26.4. The maximum atomic E-state index is 13.8. The van der Waals surface area contributed by atoms with Gasteiger partial charge in [-0.05, 0) is 18.1 Å². The van der Waals surface area contributed by atoms with Crippen LogP contribution >= 0.6 is 0 Å². The van der Waals surface area contributed by atoms with E-state index in [-0.39, 0.29) is 11.6 Å². The molecule has 0 radical (unpaired) electrons. The van der Waals surface area contributed by atoms with Crippen LogP contribution in [0.4, 0.5) is 0 Å². The number of ether oxygens (including phenoxy) is 1. The minimum atomic E-state index is -0.467. The maximum Gasteiger partial charge on any atom is 0.191 e. The number of allylic oxidation sites excluding steroid dienone is 2. The fourth-order valence-corrected chi connectivity index (χ4v) is 4.17. The lowest BCUT2D eigenvalue weighted by Crippen LogP contribution is -2.29. The fourth-order valence-electron chi connectivity index (χ4n) is 4.17. The van der Waals surface area contributed by atoms with Crippen molar-refractivity contribution < 1.29 is 14.3 Å². The molecule has 1 aliphatic rings. The molecule has 0 unspecified atom stereocenters. The molecule has 166 valence electrons. The molecule has 0 bridgehead atoms. The molecule has 0 aromatic heterocycles. The zero-order valence-corrected chi connectivity index (χ0v) is 18.9. The average molecular weight is 438 g/mol. The van der Waals surface area contributed by atoms with Gasteiger partial charge in [0.15, 0.2) is 11.6 Å². The SMILES string of the molecule is COCCN1C=C(C(=O)c2ccccc2)C(c2ccccc2C)C(C(=O)c2ccccc2)=C1. The number of rotatable bonds is 8. The molecule has 4 heteroatoms. The molecule has 0 amide bonds. The van der Waals surface area contributed by atoms with Crippen LogP contribution in [0.2, 0.25) is 0 Å². The summed E-state index contributed by atoms with van der Waals surface area (Å²) in [4.78, 5) is 29.4. The van der Waals surface area contributed by atoms with E-state index in [1.807, 2.05) is 109 Å². The van der Waals surface area contributed by atoms with Crippen molar-refractivity contribution >= 4 is 11.6 Å². The van der Waals surface area contributed by atoms with Crippen molar-refractivity contribution in [2.45, 2.75) is 12.8 Å². The van der Waals surface area contributed by atoms with Gasteiger partial charge in [0.25, 0.3) is 0 Å². The van der Waals surface area contributed by atoms with Gasteiger partial charge < -0.3 is 9.64 Å². The summed E-state index contributed by atoms with van der Waals surface area (Å²) in [7, 11) is 1.64. The number of ketones is 2. The quantitative estimate of drug-likeness (QED) is 0.432. The first-order chi connectivity index (χ1) is 16.1. The van der Waals surface area contributed by atoms with E-state index >= 15 is 0 Å². The monoisotopic (exact) mass is 437 g/mol. The molecule has 0 N–H and O–H groups in total. The van der Waals surface area contributed by atoms with Gasteiger partial charge in [0.2, 0.25) is 0 Å². The van der Waals surface area contributed by atoms with Crippen molar-refractivity contribution in [2.24, 2.45) is 0 Å². The highest BCUT2D eigenvalue weighted by atomic mass is 16.5. The predicted molar refractivity (Wildman–Crippen MR) is 130 cm³/mol. The molecule has 4 rings (SSSR count). The van der Waals surface area contributed by atoms with E-state index in [0.717, 1.165) is 11.1 Å². The van der Waals surface area contributed by atoms with Crippen molar-refractivity contribution in [3.63, 3.8) is 0 Å². The molecule has 0 aliphatic carbocycles. The largest absolute Gasteiger partial charge is 0.383 e. The van der Waals surface area contributed by atoms with Gasteiger partial charge in [-0.25, -0.2) is 0 Å². The van der Waals surface area contributed by atoms with Crippen LogP contribution in [0, 0.1) is 6.92 Å². The Bertz CT molecular complexity index is 1130. The average Bonchev–Trinajstić information content (AvgIpc) is 2.87. The van der Waals surface area contributed by atoms with Crippen LogP contribution in [0.1, 0.15) is 37.8 Å². The van der Waals surface area contributed by atoms with Crippen molar-refractivity contribution in [2.75, 3.05) is 20.3 Å². The Hall–Kier alpha value is -3.76. The first-order valence-electron chi connectivity index (χ1n) is 11.0. The summed E-state index contributed by atoms with van der Waals surface area (Å²) in [6.45, 7) is 3.03. The van der Waals surface area contributed by atoms with Gasteiger partial charge in [0.1, 0.15) is 0 Å². The Kier molecular flexibility index (Phi) is 6.96. The number of hydrogen-bond acceptors (Lipinski definition) is 4. The van der Waals surface area contributed by atoms with Crippen LogP contribution in [-0.4, -0.2) is 36.7 Å². The van der Waals surface area contributed by atoms with Crippen molar-refractivity contribution in [1.29, 1.82) is 0 Å². The minimum absolute atomic E-state index is 0.0854. The highest BCUT2D eigenvalue weighted by Crippen LogP contribution is 2.40. The number of carbonyl (C=O) groups is 2. The van der Waals surface area contributed by atoms with Crippen LogP contribution in [0.25, 0.3) is 0 Å². The molecule has 33 heavy (non-hydrogen) atoms. The number of benzene rings is 3. The second-order valence-electron chi connectivity index (χ2n) is 8.08. The summed E-state index contributed by atoms with van der Waals surface area (Å²) in [5.41, 5.74) is 4.34. The third-order valence-corrected chi connectivity index (χ3v) is 5.88. The standard InChI is InChI=1S/C29H27NO3/c1-21-11-9-10-16-24(21)27-25(28(31)22-12-5-3-6-13-22)19-30(17-18-33-2)20-26(27)29(32)23-14-7-4-8-15-23/h3-16,19-20,27H,17-18H2,1-2H3. The van der Waals surface area contributed by atoms with Gasteiger partial charge in [-0.3, -0.25) is 9.59 Å². The second kappa shape index (κ2) is 10.2. The highest BCUT2D eigenvalue weighted by Gasteiger charge is 2.35. The lowest BCUT2D eigenvalue weighted by atomic mass is 9.76.